The minimum absolute atomic E-state index is 0. The fraction of sp³-hybridized carbons (Fsp3) is 0.611. The van der Waals surface area contributed by atoms with Gasteiger partial charge in [0.15, 0.2) is 0 Å². The van der Waals surface area contributed by atoms with Crippen LogP contribution < -0.4 is 10.5 Å². The number of likely N-dealkylation sites (tertiary alicyclic amines) is 1. The number of halogens is 1. The number of piperidine rings is 1. The zero-order chi connectivity index (χ0) is 19.2. The molecule has 3 N–H and O–H groups in total. The highest BCUT2D eigenvalue weighted by molar-refractivity contribution is 7.98. The third kappa shape index (κ3) is 6.94. The van der Waals surface area contributed by atoms with Gasteiger partial charge in [0.25, 0.3) is 0 Å². The number of benzene rings is 1. The summed E-state index contributed by atoms with van der Waals surface area (Å²) in [5.41, 5.74) is 5.96. The molecule has 154 valence electrons. The molecule has 6 nitrogen and oxygen atoms in total. The average molecular weight is 436 g/mol. The van der Waals surface area contributed by atoms with E-state index in [4.69, 9.17) is 5.73 Å². The fourth-order valence-corrected chi connectivity index (χ4v) is 4.91. The standard InChI is InChI=1S/C18H29N3O3S2.ClH/c1-14(19)15-8-11-21(12-9-15)18(22)17(10-13-25-2)20-26(23,24)16-6-4-3-5-7-16;/h3-7,14-15,17,20H,8-13,19H2,1-2H3;1H. The van der Waals surface area contributed by atoms with Crippen LogP contribution in [0.4, 0.5) is 0 Å². The summed E-state index contributed by atoms with van der Waals surface area (Å²) in [4.78, 5) is 14.9. The van der Waals surface area contributed by atoms with E-state index in [1.807, 2.05) is 13.2 Å². The molecule has 2 rings (SSSR count). The zero-order valence-corrected chi connectivity index (χ0v) is 18.3. The number of hydrogen-bond acceptors (Lipinski definition) is 5. The van der Waals surface area contributed by atoms with Crippen LogP contribution in [0.1, 0.15) is 26.2 Å². The molecule has 2 atom stereocenters. The molecule has 1 saturated heterocycles. The molecule has 27 heavy (non-hydrogen) atoms. The second-order valence-corrected chi connectivity index (χ2v) is 9.49. The highest BCUT2D eigenvalue weighted by Gasteiger charge is 2.31. The largest absolute Gasteiger partial charge is 0.341 e. The molecule has 0 spiro atoms. The van der Waals surface area contributed by atoms with Gasteiger partial charge in [-0.2, -0.15) is 16.5 Å². The average Bonchev–Trinajstić information content (AvgIpc) is 2.65. The Balaban J connectivity index is 0.00000364. The Morgan fingerprint density at radius 2 is 1.89 bits per heavy atom. The van der Waals surface area contributed by atoms with E-state index in [0.29, 0.717) is 31.2 Å². The lowest BCUT2D eigenvalue weighted by atomic mass is 9.90. The van der Waals surface area contributed by atoms with E-state index >= 15 is 0 Å². The third-order valence-electron chi connectivity index (χ3n) is 4.85. The van der Waals surface area contributed by atoms with Crippen LogP contribution in [0.5, 0.6) is 0 Å². The Hall–Kier alpha value is -0.800. The van der Waals surface area contributed by atoms with Crippen LogP contribution in [0, 0.1) is 5.92 Å². The van der Waals surface area contributed by atoms with Crippen molar-refractivity contribution in [3.63, 3.8) is 0 Å². The van der Waals surface area contributed by atoms with Gasteiger partial charge in [0.2, 0.25) is 15.9 Å². The number of amides is 1. The number of nitrogens with two attached hydrogens (primary N) is 1. The van der Waals surface area contributed by atoms with Crippen molar-refractivity contribution in [1.82, 2.24) is 9.62 Å². The summed E-state index contributed by atoms with van der Waals surface area (Å²) >= 11 is 1.60. The molecule has 1 aliphatic rings. The van der Waals surface area contributed by atoms with Crippen LogP contribution in [0.2, 0.25) is 0 Å². The van der Waals surface area contributed by atoms with Crippen LogP contribution in [-0.2, 0) is 14.8 Å². The van der Waals surface area contributed by atoms with Gasteiger partial charge in [-0.25, -0.2) is 8.42 Å². The number of thioether (sulfide) groups is 1. The second-order valence-electron chi connectivity index (χ2n) is 6.79. The molecular weight excluding hydrogens is 406 g/mol. The summed E-state index contributed by atoms with van der Waals surface area (Å²) in [5, 5.41) is 0. The molecular formula is C18H30ClN3O3S2. The lowest BCUT2D eigenvalue weighted by Gasteiger charge is -2.35. The van der Waals surface area contributed by atoms with Gasteiger partial charge in [-0.1, -0.05) is 18.2 Å². The topological polar surface area (TPSA) is 92.5 Å². The number of hydrogen-bond donors (Lipinski definition) is 2. The fourth-order valence-electron chi connectivity index (χ4n) is 3.19. The summed E-state index contributed by atoms with van der Waals surface area (Å²) in [6, 6.07) is 7.56. The number of carbonyl (C=O) groups excluding carboxylic acids is 1. The Morgan fingerprint density at radius 3 is 2.41 bits per heavy atom. The van der Waals surface area contributed by atoms with E-state index in [1.54, 1.807) is 34.9 Å². The van der Waals surface area contributed by atoms with Crippen molar-refractivity contribution in [2.24, 2.45) is 11.7 Å². The summed E-state index contributed by atoms with van der Waals surface area (Å²) in [5.74, 6) is 0.996. The maximum atomic E-state index is 12.9. The molecule has 0 saturated carbocycles. The van der Waals surface area contributed by atoms with Gasteiger partial charge < -0.3 is 10.6 Å². The molecule has 1 aromatic rings. The molecule has 1 fully saturated rings. The minimum Gasteiger partial charge on any atom is -0.341 e. The summed E-state index contributed by atoms with van der Waals surface area (Å²) in [7, 11) is -3.72. The summed E-state index contributed by atoms with van der Waals surface area (Å²) < 4.78 is 27.9. The zero-order valence-electron chi connectivity index (χ0n) is 15.8. The van der Waals surface area contributed by atoms with Gasteiger partial charge in [-0.3, -0.25) is 4.79 Å². The molecule has 2 unspecified atom stereocenters. The number of rotatable bonds is 8. The van der Waals surface area contributed by atoms with E-state index < -0.39 is 16.1 Å². The predicted octanol–water partition coefficient (Wildman–Crippen LogP) is 2.09. The molecule has 9 heteroatoms. The van der Waals surface area contributed by atoms with Crippen molar-refractivity contribution < 1.29 is 13.2 Å². The summed E-state index contributed by atoms with van der Waals surface area (Å²) in [6.07, 6.45) is 4.15. The maximum absolute atomic E-state index is 12.9. The smallest absolute Gasteiger partial charge is 0.241 e. The van der Waals surface area contributed by atoms with Crippen molar-refractivity contribution in [2.75, 3.05) is 25.1 Å². The number of nitrogens with one attached hydrogen (secondary N) is 1. The van der Waals surface area contributed by atoms with E-state index in [9.17, 15) is 13.2 Å². The first kappa shape index (κ1) is 24.2. The Kier molecular flexibility index (Phi) is 10.1. The molecule has 1 aromatic carbocycles. The van der Waals surface area contributed by atoms with E-state index in [-0.39, 0.29) is 29.3 Å². The van der Waals surface area contributed by atoms with Gasteiger partial charge in [-0.05, 0) is 56.2 Å². The summed E-state index contributed by atoms with van der Waals surface area (Å²) in [6.45, 7) is 3.26. The van der Waals surface area contributed by atoms with Crippen LogP contribution in [0.3, 0.4) is 0 Å². The van der Waals surface area contributed by atoms with Crippen molar-refractivity contribution in [1.29, 1.82) is 0 Å². The van der Waals surface area contributed by atoms with Gasteiger partial charge in [-0.15, -0.1) is 12.4 Å². The first-order chi connectivity index (χ1) is 12.3. The highest BCUT2D eigenvalue weighted by Crippen LogP contribution is 2.21. The Labute approximate surface area is 173 Å². The van der Waals surface area contributed by atoms with Crippen molar-refractivity contribution >= 4 is 40.1 Å². The van der Waals surface area contributed by atoms with Crippen LogP contribution in [0.15, 0.2) is 35.2 Å². The van der Waals surface area contributed by atoms with Gasteiger partial charge in [0.1, 0.15) is 6.04 Å². The monoisotopic (exact) mass is 435 g/mol. The molecule has 1 aliphatic heterocycles. The molecule has 0 aliphatic carbocycles. The molecule has 1 amide bonds. The molecule has 0 radical (unpaired) electrons. The van der Waals surface area contributed by atoms with Crippen LogP contribution >= 0.6 is 24.2 Å². The van der Waals surface area contributed by atoms with E-state index in [1.165, 1.54) is 12.1 Å². The second kappa shape index (κ2) is 11.3. The molecule has 1 heterocycles. The maximum Gasteiger partial charge on any atom is 0.241 e. The Morgan fingerprint density at radius 1 is 1.30 bits per heavy atom. The number of nitrogens with zero attached hydrogens (tertiary/aromatic N) is 1. The predicted molar refractivity (Wildman–Crippen MR) is 114 cm³/mol. The van der Waals surface area contributed by atoms with Gasteiger partial charge in [0, 0.05) is 19.1 Å². The minimum atomic E-state index is -3.72. The first-order valence-electron chi connectivity index (χ1n) is 8.96. The van der Waals surface area contributed by atoms with Crippen LogP contribution in [-0.4, -0.2) is 56.4 Å². The molecule has 0 bridgehead atoms. The van der Waals surface area contributed by atoms with Crippen LogP contribution in [0.25, 0.3) is 0 Å². The van der Waals surface area contributed by atoms with Crippen molar-refractivity contribution in [3.8, 4) is 0 Å². The quantitative estimate of drug-likeness (QED) is 0.652. The van der Waals surface area contributed by atoms with E-state index in [2.05, 4.69) is 4.72 Å². The highest BCUT2D eigenvalue weighted by atomic mass is 35.5. The van der Waals surface area contributed by atoms with E-state index in [0.717, 1.165) is 12.8 Å². The molecule has 0 aromatic heterocycles. The number of carbonyl (C=O) groups is 1. The van der Waals surface area contributed by atoms with Gasteiger partial charge >= 0.3 is 0 Å². The Bertz CT molecular complexity index is 678. The lowest BCUT2D eigenvalue weighted by Crippen LogP contribution is -2.51. The van der Waals surface area contributed by atoms with Crippen molar-refractivity contribution in [2.45, 2.75) is 43.2 Å². The first-order valence-corrected chi connectivity index (χ1v) is 11.8. The SMILES string of the molecule is CSCCC(NS(=O)(=O)c1ccccc1)C(=O)N1CCC(C(C)N)CC1.Cl. The van der Waals surface area contributed by atoms with Crippen molar-refractivity contribution in [3.05, 3.63) is 30.3 Å². The lowest BCUT2D eigenvalue weighted by molar-refractivity contribution is -0.134. The normalized spacial score (nSPS) is 17.8. The number of sulfonamides is 1. The third-order valence-corrected chi connectivity index (χ3v) is 6.99. The van der Waals surface area contributed by atoms with Gasteiger partial charge in [0.05, 0.1) is 4.90 Å².